The first-order valence-corrected chi connectivity index (χ1v) is 13.1. The van der Waals surface area contributed by atoms with Crippen molar-refractivity contribution in [2.75, 3.05) is 14.2 Å². The average molecular weight is 579 g/mol. The highest BCUT2D eigenvalue weighted by molar-refractivity contribution is 6.32. The van der Waals surface area contributed by atoms with Crippen LogP contribution in [0.15, 0.2) is 60.7 Å². The molecule has 0 bridgehead atoms. The molecule has 0 aliphatic heterocycles. The molecule has 0 atom stereocenters. The standard InChI is InChI=1S/C32H28Cl2O6/c1-19-21(17-39-31-13-29(37-3)23(15-35)11-27(31)33)7-5-9-25(19)26-10-6-8-22(20(26)2)18-40-32-14-30(38-4)24(16-36)12-28(32)34/h5-16H,17-18H2,1-4H3. The molecular formula is C32H28Cl2O6. The quantitative estimate of drug-likeness (QED) is 0.167. The number of ether oxygens (including phenoxy) is 4. The fourth-order valence-corrected chi connectivity index (χ4v) is 4.89. The molecule has 0 aromatic heterocycles. The average Bonchev–Trinajstić information content (AvgIpc) is 2.96. The van der Waals surface area contributed by atoms with Crippen LogP contribution in [-0.2, 0) is 13.2 Å². The minimum atomic E-state index is 0.280. The van der Waals surface area contributed by atoms with Crippen LogP contribution < -0.4 is 18.9 Å². The summed E-state index contributed by atoms with van der Waals surface area (Å²) < 4.78 is 22.6. The van der Waals surface area contributed by atoms with Gasteiger partial charge in [-0.3, -0.25) is 9.59 Å². The summed E-state index contributed by atoms with van der Waals surface area (Å²) in [5, 5.41) is 0.664. The topological polar surface area (TPSA) is 71.1 Å². The van der Waals surface area contributed by atoms with E-state index in [1.165, 1.54) is 26.4 Å². The Balaban J connectivity index is 1.57. The fraction of sp³-hybridized carbons (Fsp3) is 0.188. The molecule has 8 heteroatoms. The normalized spacial score (nSPS) is 10.7. The van der Waals surface area contributed by atoms with Crippen molar-refractivity contribution in [1.82, 2.24) is 0 Å². The zero-order chi connectivity index (χ0) is 28.8. The molecule has 4 aromatic carbocycles. The molecule has 4 aromatic rings. The van der Waals surface area contributed by atoms with Gasteiger partial charge in [-0.05, 0) is 59.4 Å². The molecule has 0 amide bonds. The van der Waals surface area contributed by atoms with Gasteiger partial charge in [0.25, 0.3) is 0 Å². The Hall–Kier alpha value is -4.00. The van der Waals surface area contributed by atoms with Crippen LogP contribution in [-0.4, -0.2) is 26.8 Å². The molecule has 0 unspecified atom stereocenters. The molecule has 0 aliphatic rings. The first kappa shape index (κ1) is 29.0. The Kier molecular flexibility index (Phi) is 9.35. The van der Waals surface area contributed by atoms with Crippen LogP contribution in [0.25, 0.3) is 11.1 Å². The third kappa shape index (κ3) is 6.09. The molecule has 0 heterocycles. The van der Waals surface area contributed by atoms with Gasteiger partial charge in [0.05, 0.1) is 35.4 Å². The second kappa shape index (κ2) is 12.9. The summed E-state index contributed by atoms with van der Waals surface area (Å²) in [6.07, 6.45) is 1.39. The lowest BCUT2D eigenvalue weighted by Gasteiger charge is -2.18. The highest BCUT2D eigenvalue weighted by Gasteiger charge is 2.15. The van der Waals surface area contributed by atoms with Crippen molar-refractivity contribution >= 4 is 35.8 Å². The van der Waals surface area contributed by atoms with E-state index in [9.17, 15) is 9.59 Å². The molecule has 0 fully saturated rings. The lowest BCUT2D eigenvalue weighted by molar-refractivity contribution is 0.111. The maximum Gasteiger partial charge on any atom is 0.153 e. The predicted octanol–water partition coefficient (Wildman–Crippen LogP) is 8.08. The van der Waals surface area contributed by atoms with Gasteiger partial charge in [-0.2, -0.15) is 0 Å². The lowest BCUT2D eigenvalue weighted by Crippen LogP contribution is -2.03. The van der Waals surface area contributed by atoms with Gasteiger partial charge in [-0.25, -0.2) is 0 Å². The molecule has 0 saturated heterocycles. The van der Waals surface area contributed by atoms with Crippen LogP contribution in [0.3, 0.4) is 0 Å². The maximum atomic E-state index is 11.3. The van der Waals surface area contributed by atoms with E-state index in [2.05, 4.69) is 26.0 Å². The number of methoxy groups -OCH3 is 2. The number of aldehydes is 2. The first-order chi connectivity index (χ1) is 19.3. The summed E-state index contributed by atoms with van der Waals surface area (Å²) in [6, 6.07) is 18.4. The van der Waals surface area contributed by atoms with E-state index in [-0.39, 0.29) is 13.2 Å². The monoisotopic (exact) mass is 578 g/mol. The summed E-state index contributed by atoms with van der Waals surface area (Å²) >= 11 is 12.7. The minimum absolute atomic E-state index is 0.280. The Morgan fingerprint density at radius 2 is 1.02 bits per heavy atom. The van der Waals surface area contributed by atoms with Crippen molar-refractivity contribution in [3.8, 4) is 34.1 Å². The highest BCUT2D eigenvalue weighted by atomic mass is 35.5. The van der Waals surface area contributed by atoms with E-state index in [1.807, 2.05) is 24.3 Å². The molecule has 0 saturated carbocycles. The van der Waals surface area contributed by atoms with E-state index in [0.29, 0.717) is 56.7 Å². The first-order valence-electron chi connectivity index (χ1n) is 12.4. The molecular weight excluding hydrogens is 551 g/mol. The number of carbonyl (C=O) groups is 2. The van der Waals surface area contributed by atoms with Crippen LogP contribution in [0.4, 0.5) is 0 Å². The Morgan fingerprint density at radius 3 is 1.38 bits per heavy atom. The van der Waals surface area contributed by atoms with E-state index in [0.717, 1.165) is 33.4 Å². The number of hydrogen-bond acceptors (Lipinski definition) is 6. The molecule has 0 radical (unpaired) electrons. The SMILES string of the molecule is COc1cc(OCc2cccc(-c3cccc(COc4cc(OC)c(C=O)cc4Cl)c3C)c2C)c(Cl)cc1C=O. The highest BCUT2D eigenvalue weighted by Crippen LogP contribution is 2.36. The van der Waals surface area contributed by atoms with Gasteiger partial charge in [-0.15, -0.1) is 0 Å². The summed E-state index contributed by atoms with van der Waals surface area (Å²) in [7, 11) is 2.98. The van der Waals surface area contributed by atoms with Gasteiger partial charge >= 0.3 is 0 Å². The van der Waals surface area contributed by atoms with E-state index in [4.69, 9.17) is 42.1 Å². The van der Waals surface area contributed by atoms with Gasteiger partial charge in [0.1, 0.15) is 36.2 Å². The largest absolute Gasteiger partial charge is 0.496 e. The number of rotatable bonds is 11. The third-order valence-corrected chi connectivity index (χ3v) is 7.36. The number of halogens is 2. The molecule has 0 N–H and O–H groups in total. The Labute approximate surface area is 243 Å². The Morgan fingerprint density at radius 1 is 0.625 bits per heavy atom. The zero-order valence-electron chi connectivity index (χ0n) is 22.5. The van der Waals surface area contributed by atoms with Crippen molar-refractivity contribution in [2.45, 2.75) is 27.1 Å². The van der Waals surface area contributed by atoms with Crippen molar-refractivity contribution < 1.29 is 28.5 Å². The van der Waals surface area contributed by atoms with Crippen LogP contribution >= 0.6 is 23.2 Å². The van der Waals surface area contributed by atoms with Gasteiger partial charge in [0.2, 0.25) is 0 Å². The van der Waals surface area contributed by atoms with Gasteiger partial charge in [0.15, 0.2) is 12.6 Å². The Bertz CT molecular complexity index is 1450. The van der Waals surface area contributed by atoms with Gasteiger partial charge in [0, 0.05) is 12.1 Å². The molecule has 40 heavy (non-hydrogen) atoms. The van der Waals surface area contributed by atoms with Crippen molar-refractivity contribution in [3.05, 3.63) is 104 Å². The second-order valence-corrected chi connectivity index (χ2v) is 9.86. The van der Waals surface area contributed by atoms with Gasteiger partial charge in [-0.1, -0.05) is 59.6 Å². The maximum absolute atomic E-state index is 11.3. The summed E-state index contributed by atoms with van der Waals surface area (Å²) in [4.78, 5) is 22.5. The van der Waals surface area contributed by atoms with Gasteiger partial charge < -0.3 is 18.9 Å². The molecule has 206 valence electrons. The van der Waals surface area contributed by atoms with Crippen LogP contribution in [0, 0.1) is 13.8 Å². The van der Waals surface area contributed by atoms with Crippen molar-refractivity contribution in [1.29, 1.82) is 0 Å². The van der Waals surface area contributed by atoms with Crippen molar-refractivity contribution in [2.24, 2.45) is 0 Å². The molecule has 4 rings (SSSR count). The van der Waals surface area contributed by atoms with E-state index in [1.54, 1.807) is 12.1 Å². The molecule has 0 aliphatic carbocycles. The zero-order valence-corrected chi connectivity index (χ0v) is 24.1. The molecule has 0 spiro atoms. The third-order valence-electron chi connectivity index (χ3n) is 6.77. The van der Waals surface area contributed by atoms with Crippen LogP contribution in [0.1, 0.15) is 43.0 Å². The number of hydrogen-bond donors (Lipinski definition) is 0. The predicted molar refractivity (Wildman–Crippen MR) is 157 cm³/mol. The number of benzene rings is 4. The second-order valence-electron chi connectivity index (χ2n) is 9.04. The number of carbonyl (C=O) groups excluding carboxylic acids is 2. The minimum Gasteiger partial charge on any atom is -0.496 e. The van der Waals surface area contributed by atoms with Crippen LogP contribution in [0.5, 0.6) is 23.0 Å². The molecule has 6 nitrogen and oxygen atoms in total. The lowest BCUT2D eigenvalue weighted by atomic mass is 9.92. The summed E-state index contributed by atoms with van der Waals surface area (Å²) in [5.74, 6) is 1.66. The van der Waals surface area contributed by atoms with Crippen molar-refractivity contribution in [3.63, 3.8) is 0 Å². The van der Waals surface area contributed by atoms with Crippen LogP contribution in [0.2, 0.25) is 10.0 Å². The summed E-state index contributed by atoms with van der Waals surface area (Å²) in [5.41, 5.74) is 6.95. The summed E-state index contributed by atoms with van der Waals surface area (Å²) in [6.45, 7) is 4.66. The van der Waals surface area contributed by atoms with E-state index >= 15 is 0 Å². The smallest absolute Gasteiger partial charge is 0.153 e. The van der Waals surface area contributed by atoms with E-state index < -0.39 is 0 Å². The fourth-order valence-electron chi connectivity index (χ4n) is 4.43.